The summed E-state index contributed by atoms with van der Waals surface area (Å²) in [4.78, 5) is 0. The molecule has 3 nitrogen and oxygen atoms in total. The molecule has 4 heteroatoms. The fraction of sp³-hybridized carbons (Fsp3) is 0.143. The number of halogens is 1. The van der Waals surface area contributed by atoms with Gasteiger partial charge in [-0.1, -0.05) is 11.6 Å². The smallest absolute Gasteiger partial charge is 0.123 e. The van der Waals surface area contributed by atoms with Gasteiger partial charge in [-0.3, -0.25) is 0 Å². The summed E-state index contributed by atoms with van der Waals surface area (Å²) < 4.78 is 10.4. The van der Waals surface area contributed by atoms with E-state index in [9.17, 15) is 5.11 Å². The number of benzene rings is 2. The molecule has 2 aromatic rings. The number of phenols is 1. The lowest BCUT2D eigenvalue weighted by Crippen LogP contribution is -1.89. The average Bonchev–Trinajstić information content (AvgIpc) is 2.40. The number of rotatable bonds is 3. The number of phenolic OH excluding ortho intramolecular Hbond substituents is 1. The van der Waals surface area contributed by atoms with Gasteiger partial charge in [0.15, 0.2) is 0 Å². The molecule has 0 radical (unpaired) electrons. The molecule has 18 heavy (non-hydrogen) atoms. The number of methoxy groups -OCH3 is 2. The van der Waals surface area contributed by atoms with Crippen molar-refractivity contribution in [3.63, 3.8) is 0 Å². The summed E-state index contributed by atoms with van der Waals surface area (Å²) in [6.45, 7) is 0. The summed E-state index contributed by atoms with van der Waals surface area (Å²) in [5, 5.41) is 10.4. The summed E-state index contributed by atoms with van der Waals surface area (Å²) in [5.41, 5.74) is 1.42. The van der Waals surface area contributed by atoms with Crippen LogP contribution in [-0.2, 0) is 0 Å². The Morgan fingerprint density at radius 2 is 1.56 bits per heavy atom. The van der Waals surface area contributed by atoms with Crippen LogP contribution >= 0.6 is 11.6 Å². The maximum atomic E-state index is 9.88. The normalized spacial score (nSPS) is 10.2. The summed E-state index contributed by atoms with van der Waals surface area (Å²) in [5.74, 6) is 1.47. The van der Waals surface area contributed by atoms with Crippen molar-refractivity contribution >= 4 is 11.6 Å². The van der Waals surface area contributed by atoms with E-state index >= 15 is 0 Å². The van der Waals surface area contributed by atoms with Gasteiger partial charge in [-0.05, 0) is 35.9 Å². The average molecular weight is 265 g/mol. The lowest BCUT2D eigenvalue weighted by molar-refractivity contribution is 0.394. The molecule has 0 amide bonds. The minimum Gasteiger partial charge on any atom is -0.507 e. The fourth-order valence-electron chi connectivity index (χ4n) is 1.70. The Bertz CT molecular complexity index is 545. The van der Waals surface area contributed by atoms with Crippen molar-refractivity contribution in [2.24, 2.45) is 0 Å². The monoisotopic (exact) mass is 264 g/mol. The fourth-order valence-corrected chi connectivity index (χ4v) is 1.87. The second-order valence-electron chi connectivity index (χ2n) is 3.76. The van der Waals surface area contributed by atoms with Crippen molar-refractivity contribution in [3.8, 4) is 28.4 Å². The maximum Gasteiger partial charge on any atom is 0.123 e. The lowest BCUT2D eigenvalue weighted by atomic mass is 10.0. The molecule has 0 aliphatic heterocycles. The van der Waals surface area contributed by atoms with Crippen LogP contribution < -0.4 is 9.47 Å². The highest BCUT2D eigenvalue weighted by Gasteiger charge is 2.08. The zero-order valence-electron chi connectivity index (χ0n) is 10.1. The van der Waals surface area contributed by atoms with Crippen LogP contribution in [0.15, 0.2) is 36.4 Å². The third-order valence-electron chi connectivity index (χ3n) is 2.62. The van der Waals surface area contributed by atoms with E-state index in [4.69, 9.17) is 21.1 Å². The second-order valence-corrected chi connectivity index (χ2v) is 4.20. The van der Waals surface area contributed by atoms with E-state index in [-0.39, 0.29) is 5.75 Å². The molecule has 2 aromatic carbocycles. The molecule has 0 heterocycles. The van der Waals surface area contributed by atoms with Crippen molar-refractivity contribution in [2.45, 2.75) is 0 Å². The van der Waals surface area contributed by atoms with Crippen LogP contribution in [0.2, 0.25) is 5.02 Å². The minimum absolute atomic E-state index is 0.162. The standard InChI is InChI=1S/C14H13ClO3/c1-17-11-5-9(6-12(8-11)18-2)13-7-10(15)3-4-14(13)16/h3-8,16H,1-2H3. The van der Waals surface area contributed by atoms with Crippen LogP contribution in [0.25, 0.3) is 11.1 Å². The largest absolute Gasteiger partial charge is 0.507 e. The Labute approximate surface area is 111 Å². The first-order valence-corrected chi connectivity index (χ1v) is 5.74. The number of ether oxygens (including phenoxy) is 2. The number of hydrogen-bond acceptors (Lipinski definition) is 3. The van der Waals surface area contributed by atoms with E-state index in [1.165, 1.54) is 0 Å². The minimum atomic E-state index is 0.162. The maximum absolute atomic E-state index is 9.88. The molecule has 0 saturated heterocycles. The quantitative estimate of drug-likeness (QED) is 0.918. The van der Waals surface area contributed by atoms with Gasteiger partial charge in [0.1, 0.15) is 17.2 Å². The highest BCUT2D eigenvalue weighted by atomic mass is 35.5. The molecular formula is C14H13ClO3. The van der Waals surface area contributed by atoms with E-state index in [0.717, 1.165) is 5.56 Å². The molecule has 0 atom stereocenters. The number of hydrogen-bond donors (Lipinski definition) is 1. The van der Waals surface area contributed by atoms with E-state index < -0.39 is 0 Å². The van der Waals surface area contributed by atoms with Gasteiger partial charge in [-0.25, -0.2) is 0 Å². The van der Waals surface area contributed by atoms with Crippen LogP contribution in [-0.4, -0.2) is 19.3 Å². The summed E-state index contributed by atoms with van der Waals surface area (Å²) in [6, 6.07) is 10.3. The summed E-state index contributed by atoms with van der Waals surface area (Å²) >= 11 is 5.94. The van der Waals surface area contributed by atoms with Crippen LogP contribution in [0, 0.1) is 0 Å². The molecule has 0 saturated carbocycles. The SMILES string of the molecule is COc1cc(OC)cc(-c2cc(Cl)ccc2O)c1. The molecule has 2 rings (SSSR count). The van der Waals surface area contributed by atoms with Gasteiger partial charge in [-0.15, -0.1) is 0 Å². The summed E-state index contributed by atoms with van der Waals surface area (Å²) in [7, 11) is 3.16. The number of aromatic hydroxyl groups is 1. The van der Waals surface area contributed by atoms with Crippen molar-refractivity contribution in [1.82, 2.24) is 0 Å². The van der Waals surface area contributed by atoms with Gasteiger partial charge in [0.05, 0.1) is 14.2 Å². The highest BCUT2D eigenvalue weighted by Crippen LogP contribution is 2.36. The van der Waals surface area contributed by atoms with Crippen LogP contribution in [0.4, 0.5) is 0 Å². The molecule has 0 aliphatic carbocycles. The van der Waals surface area contributed by atoms with Crippen molar-refractivity contribution in [3.05, 3.63) is 41.4 Å². The van der Waals surface area contributed by atoms with Gasteiger partial charge in [0.2, 0.25) is 0 Å². The molecule has 94 valence electrons. The Morgan fingerprint density at radius 3 is 2.11 bits per heavy atom. The third-order valence-corrected chi connectivity index (χ3v) is 2.86. The lowest BCUT2D eigenvalue weighted by Gasteiger charge is -2.10. The molecule has 0 spiro atoms. The van der Waals surface area contributed by atoms with E-state index in [2.05, 4.69) is 0 Å². The Kier molecular flexibility index (Phi) is 3.63. The molecule has 0 bridgehead atoms. The first kappa shape index (κ1) is 12.6. The molecule has 0 unspecified atom stereocenters. The first-order valence-electron chi connectivity index (χ1n) is 5.36. The second kappa shape index (κ2) is 5.19. The van der Waals surface area contributed by atoms with Crippen LogP contribution in [0.3, 0.4) is 0 Å². The highest BCUT2D eigenvalue weighted by molar-refractivity contribution is 6.31. The Hall–Kier alpha value is -1.87. The van der Waals surface area contributed by atoms with Gasteiger partial charge in [0.25, 0.3) is 0 Å². The van der Waals surface area contributed by atoms with Gasteiger partial charge < -0.3 is 14.6 Å². The van der Waals surface area contributed by atoms with Gasteiger partial charge in [0, 0.05) is 16.7 Å². The van der Waals surface area contributed by atoms with E-state index in [1.54, 1.807) is 38.5 Å². The van der Waals surface area contributed by atoms with Gasteiger partial charge >= 0.3 is 0 Å². The summed E-state index contributed by atoms with van der Waals surface area (Å²) in [6.07, 6.45) is 0. The predicted molar refractivity (Wildman–Crippen MR) is 71.7 cm³/mol. The Morgan fingerprint density at radius 1 is 0.944 bits per heavy atom. The van der Waals surface area contributed by atoms with Gasteiger partial charge in [-0.2, -0.15) is 0 Å². The van der Waals surface area contributed by atoms with Crippen molar-refractivity contribution < 1.29 is 14.6 Å². The third kappa shape index (κ3) is 2.51. The first-order chi connectivity index (χ1) is 8.63. The van der Waals surface area contributed by atoms with Crippen molar-refractivity contribution in [2.75, 3.05) is 14.2 Å². The molecule has 1 N–H and O–H groups in total. The van der Waals surface area contributed by atoms with Crippen LogP contribution in [0.1, 0.15) is 0 Å². The zero-order valence-corrected chi connectivity index (χ0v) is 10.9. The topological polar surface area (TPSA) is 38.7 Å². The van der Waals surface area contributed by atoms with E-state index in [1.807, 2.05) is 12.1 Å². The molecule has 0 aromatic heterocycles. The molecular weight excluding hydrogens is 252 g/mol. The molecule has 0 aliphatic rings. The zero-order chi connectivity index (χ0) is 13.1. The predicted octanol–water partition coefficient (Wildman–Crippen LogP) is 3.73. The Balaban J connectivity index is 2.58. The van der Waals surface area contributed by atoms with E-state index in [0.29, 0.717) is 22.1 Å². The van der Waals surface area contributed by atoms with Crippen molar-refractivity contribution in [1.29, 1.82) is 0 Å². The van der Waals surface area contributed by atoms with Crippen LogP contribution in [0.5, 0.6) is 17.2 Å². The molecule has 0 fully saturated rings.